The van der Waals surface area contributed by atoms with Crippen molar-refractivity contribution in [3.05, 3.63) is 34.6 Å². The van der Waals surface area contributed by atoms with Gasteiger partial charge in [-0.2, -0.15) is 5.26 Å². The first kappa shape index (κ1) is 15.0. The first-order valence-electron chi connectivity index (χ1n) is 7.01. The van der Waals surface area contributed by atoms with Crippen molar-refractivity contribution >= 4 is 17.4 Å². The first-order chi connectivity index (χ1) is 9.63. The molecule has 106 valence electrons. The van der Waals surface area contributed by atoms with Crippen molar-refractivity contribution in [1.29, 1.82) is 5.26 Å². The van der Waals surface area contributed by atoms with Crippen molar-refractivity contribution in [2.24, 2.45) is 5.92 Å². The Labute approximate surface area is 123 Å². The Hall–Kier alpha value is -1.40. The van der Waals surface area contributed by atoms with E-state index in [4.69, 9.17) is 11.6 Å². The molecule has 0 aliphatic heterocycles. The van der Waals surface area contributed by atoms with Gasteiger partial charge in [0.05, 0.1) is 6.07 Å². The standard InChI is InChI=1S/C16H17ClFNO/c17-15-9-12(18)7-8-13(15)14(10-19)16(20)11-5-3-1-2-4-6-11/h7-9,11,14H,1-6H2. The fraction of sp³-hybridized carbons (Fsp3) is 0.500. The molecule has 0 aromatic heterocycles. The zero-order valence-electron chi connectivity index (χ0n) is 11.2. The van der Waals surface area contributed by atoms with E-state index in [0.717, 1.165) is 44.6 Å². The Morgan fingerprint density at radius 1 is 1.30 bits per heavy atom. The van der Waals surface area contributed by atoms with Crippen LogP contribution in [0.25, 0.3) is 0 Å². The third kappa shape index (κ3) is 3.37. The topological polar surface area (TPSA) is 40.9 Å². The Morgan fingerprint density at radius 2 is 1.95 bits per heavy atom. The molecule has 1 saturated carbocycles. The highest BCUT2D eigenvalue weighted by atomic mass is 35.5. The van der Waals surface area contributed by atoms with E-state index in [1.807, 2.05) is 6.07 Å². The molecule has 0 heterocycles. The van der Waals surface area contributed by atoms with Gasteiger partial charge in [0, 0.05) is 10.9 Å². The van der Waals surface area contributed by atoms with Gasteiger partial charge in [-0.3, -0.25) is 4.79 Å². The molecule has 1 aromatic carbocycles. The molecule has 1 aliphatic rings. The molecule has 2 nitrogen and oxygen atoms in total. The van der Waals surface area contributed by atoms with Crippen LogP contribution < -0.4 is 0 Å². The summed E-state index contributed by atoms with van der Waals surface area (Å²) in [6.07, 6.45) is 6.06. The van der Waals surface area contributed by atoms with E-state index >= 15 is 0 Å². The normalized spacial score (nSPS) is 18.1. The fourth-order valence-corrected chi connectivity index (χ4v) is 3.10. The minimum Gasteiger partial charge on any atom is -0.298 e. The van der Waals surface area contributed by atoms with Gasteiger partial charge in [-0.15, -0.1) is 0 Å². The highest BCUT2D eigenvalue weighted by molar-refractivity contribution is 6.31. The molecular formula is C16H17ClFNO. The average Bonchev–Trinajstić information content (AvgIpc) is 2.70. The van der Waals surface area contributed by atoms with Crippen molar-refractivity contribution in [2.75, 3.05) is 0 Å². The number of hydrogen-bond donors (Lipinski definition) is 0. The number of Topliss-reactive ketones (excluding diaryl/α,β-unsaturated/α-hetero) is 1. The van der Waals surface area contributed by atoms with Crippen LogP contribution in [0.2, 0.25) is 5.02 Å². The number of ketones is 1. The summed E-state index contributed by atoms with van der Waals surface area (Å²) in [5.74, 6) is -1.48. The molecule has 4 heteroatoms. The van der Waals surface area contributed by atoms with Gasteiger partial charge in [0.2, 0.25) is 0 Å². The summed E-state index contributed by atoms with van der Waals surface area (Å²) in [5, 5.41) is 9.47. The Morgan fingerprint density at radius 3 is 2.50 bits per heavy atom. The maximum absolute atomic E-state index is 13.1. The monoisotopic (exact) mass is 293 g/mol. The number of carbonyl (C=O) groups excluding carboxylic acids is 1. The number of nitrogens with zero attached hydrogens (tertiary/aromatic N) is 1. The second kappa shape index (κ2) is 6.85. The maximum Gasteiger partial charge on any atom is 0.157 e. The van der Waals surface area contributed by atoms with E-state index in [9.17, 15) is 14.4 Å². The number of rotatable bonds is 3. The van der Waals surface area contributed by atoms with Crippen molar-refractivity contribution in [2.45, 2.75) is 44.4 Å². The van der Waals surface area contributed by atoms with Crippen molar-refractivity contribution < 1.29 is 9.18 Å². The Kier molecular flexibility index (Phi) is 5.14. The van der Waals surface area contributed by atoms with Crippen molar-refractivity contribution in [3.63, 3.8) is 0 Å². The number of nitriles is 1. The van der Waals surface area contributed by atoms with Gasteiger partial charge in [0.1, 0.15) is 11.7 Å². The summed E-state index contributed by atoms with van der Waals surface area (Å²) in [4.78, 5) is 12.5. The molecule has 1 aromatic rings. The predicted molar refractivity (Wildman–Crippen MR) is 76.0 cm³/mol. The van der Waals surface area contributed by atoms with Gasteiger partial charge < -0.3 is 0 Å². The molecule has 0 spiro atoms. The van der Waals surface area contributed by atoms with Crippen LogP contribution in [0, 0.1) is 23.1 Å². The lowest BCUT2D eigenvalue weighted by molar-refractivity contribution is -0.123. The van der Waals surface area contributed by atoms with E-state index in [1.165, 1.54) is 12.1 Å². The summed E-state index contributed by atoms with van der Waals surface area (Å²) >= 11 is 5.97. The van der Waals surface area contributed by atoms with Gasteiger partial charge in [0.25, 0.3) is 0 Å². The van der Waals surface area contributed by atoms with Gasteiger partial charge in [-0.05, 0) is 30.5 Å². The van der Waals surface area contributed by atoms with Crippen LogP contribution in [0.15, 0.2) is 18.2 Å². The molecule has 20 heavy (non-hydrogen) atoms. The van der Waals surface area contributed by atoms with Gasteiger partial charge in [0.15, 0.2) is 5.78 Å². The van der Waals surface area contributed by atoms with Crippen LogP contribution in [0.3, 0.4) is 0 Å². The van der Waals surface area contributed by atoms with Crippen LogP contribution in [0.1, 0.15) is 50.0 Å². The predicted octanol–water partition coefficient (Wildman–Crippen LogP) is 4.63. The maximum atomic E-state index is 13.1. The summed E-state index contributed by atoms with van der Waals surface area (Å²) in [6.45, 7) is 0. The number of benzene rings is 1. The third-order valence-corrected chi connectivity index (χ3v) is 4.27. The molecule has 0 radical (unpaired) electrons. The van der Waals surface area contributed by atoms with Crippen LogP contribution in [0.4, 0.5) is 4.39 Å². The number of carbonyl (C=O) groups is 1. The lowest BCUT2D eigenvalue weighted by atomic mass is 9.84. The SMILES string of the molecule is N#CC(C(=O)C1CCCCCC1)c1ccc(F)cc1Cl. The van der Waals surface area contributed by atoms with Crippen molar-refractivity contribution in [3.8, 4) is 6.07 Å². The minimum atomic E-state index is -0.883. The number of halogens is 2. The van der Waals surface area contributed by atoms with E-state index < -0.39 is 11.7 Å². The second-order valence-electron chi connectivity index (χ2n) is 5.32. The van der Waals surface area contributed by atoms with Crippen LogP contribution in [0.5, 0.6) is 0 Å². The van der Waals surface area contributed by atoms with Gasteiger partial charge >= 0.3 is 0 Å². The Balaban J connectivity index is 2.22. The first-order valence-corrected chi connectivity index (χ1v) is 7.39. The zero-order valence-corrected chi connectivity index (χ0v) is 12.0. The lowest BCUT2D eigenvalue weighted by Crippen LogP contribution is -2.21. The average molecular weight is 294 g/mol. The van der Waals surface area contributed by atoms with Crippen LogP contribution in [-0.4, -0.2) is 5.78 Å². The molecular weight excluding hydrogens is 277 g/mol. The lowest BCUT2D eigenvalue weighted by Gasteiger charge is -2.17. The molecule has 1 unspecified atom stereocenters. The van der Waals surface area contributed by atoms with Gasteiger partial charge in [-0.1, -0.05) is 43.4 Å². The summed E-state index contributed by atoms with van der Waals surface area (Å²) in [5.41, 5.74) is 0.421. The quantitative estimate of drug-likeness (QED) is 0.763. The zero-order chi connectivity index (χ0) is 14.5. The molecule has 0 amide bonds. The van der Waals surface area contributed by atoms with E-state index in [2.05, 4.69) is 0 Å². The molecule has 2 rings (SSSR count). The smallest absolute Gasteiger partial charge is 0.157 e. The highest BCUT2D eigenvalue weighted by Gasteiger charge is 2.30. The van der Waals surface area contributed by atoms with Gasteiger partial charge in [-0.25, -0.2) is 4.39 Å². The van der Waals surface area contributed by atoms with E-state index in [1.54, 1.807) is 0 Å². The summed E-state index contributed by atoms with van der Waals surface area (Å²) in [7, 11) is 0. The molecule has 1 atom stereocenters. The summed E-state index contributed by atoms with van der Waals surface area (Å²) in [6, 6.07) is 5.88. The largest absolute Gasteiger partial charge is 0.298 e. The molecule has 1 aliphatic carbocycles. The third-order valence-electron chi connectivity index (χ3n) is 3.94. The fourth-order valence-electron chi connectivity index (χ4n) is 2.82. The number of hydrogen-bond acceptors (Lipinski definition) is 2. The molecule has 0 N–H and O–H groups in total. The Bertz CT molecular complexity index is 530. The molecule has 0 bridgehead atoms. The van der Waals surface area contributed by atoms with E-state index in [0.29, 0.717) is 5.56 Å². The molecule has 0 saturated heterocycles. The van der Waals surface area contributed by atoms with Crippen LogP contribution >= 0.6 is 11.6 Å². The second-order valence-corrected chi connectivity index (χ2v) is 5.73. The highest BCUT2D eigenvalue weighted by Crippen LogP contribution is 2.32. The summed E-state index contributed by atoms with van der Waals surface area (Å²) < 4.78 is 13.1. The molecule has 1 fully saturated rings. The van der Waals surface area contributed by atoms with Crippen LogP contribution in [-0.2, 0) is 4.79 Å². The van der Waals surface area contributed by atoms with E-state index in [-0.39, 0.29) is 16.7 Å². The van der Waals surface area contributed by atoms with Crippen molar-refractivity contribution in [1.82, 2.24) is 0 Å². The minimum absolute atomic E-state index is 0.0664.